The molecule has 0 aliphatic carbocycles. The van der Waals surface area contributed by atoms with E-state index in [-0.39, 0.29) is 5.56 Å². The third-order valence-corrected chi connectivity index (χ3v) is 3.12. The van der Waals surface area contributed by atoms with E-state index in [4.69, 9.17) is 5.84 Å². The lowest BCUT2D eigenvalue weighted by atomic mass is 9.97. The Morgan fingerprint density at radius 1 is 1.00 bits per heavy atom. The summed E-state index contributed by atoms with van der Waals surface area (Å²) in [4.78, 5) is 4.25. The van der Waals surface area contributed by atoms with Gasteiger partial charge in [0.25, 0.3) is 0 Å². The van der Waals surface area contributed by atoms with Crippen LogP contribution in [0.3, 0.4) is 0 Å². The molecule has 0 amide bonds. The smallest absolute Gasteiger partial charge is 0.194 e. The SMILES string of the molecule is Cc1ccc(C(NN)c2ccc(F)c(F)c2F)c(C)n1. The van der Waals surface area contributed by atoms with Gasteiger partial charge < -0.3 is 0 Å². The number of rotatable bonds is 3. The van der Waals surface area contributed by atoms with Gasteiger partial charge in [-0.3, -0.25) is 10.8 Å². The van der Waals surface area contributed by atoms with Crippen LogP contribution < -0.4 is 11.3 Å². The fourth-order valence-corrected chi connectivity index (χ4v) is 2.11. The predicted octanol–water partition coefficient (Wildman–Crippen LogP) is 2.67. The summed E-state index contributed by atoms with van der Waals surface area (Å²) in [6, 6.07) is 4.69. The summed E-state index contributed by atoms with van der Waals surface area (Å²) in [7, 11) is 0. The van der Waals surface area contributed by atoms with Crippen molar-refractivity contribution in [2.45, 2.75) is 19.9 Å². The monoisotopic (exact) mass is 281 g/mol. The maximum absolute atomic E-state index is 13.9. The number of hydrazine groups is 1. The standard InChI is InChI=1S/C14H14F3N3/c1-7-3-4-9(8(2)19-7)14(20-18)10-5-6-11(15)13(17)12(10)16/h3-6,14,20H,18H2,1-2H3. The van der Waals surface area contributed by atoms with Crippen molar-refractivity contribution in [3.63, 3.8) is 0 Å². The molecule has 0 fully saturated rings. The lowest BCUT2D eigenvalue weighted by Crippen LogP contribution is -2.30. The maximum Gasteiger partial charge on any atom is 0.194 e. The number of aromatic nitrogens is 1. The number of halogens is 3. The summed E-state index contributed by atoms with van der Waals surface area (Å²) >= 11 is 0. The van der Waals surface area contributed by atoms with Gasteiger partial charge in [-0.25, -0.2) is 18.6 Å². The number of pyridine rings is 1. The van der Waals surface area contributed by atoms with E-state index < -0.39 is 23.5 Å². The van der Waals surface area contributed by atoms with Gasteiger partial charge in [-0.2, -0.15) is 0 Å². The molecule has 0 aliphatic heterocycles. The fraction of sp³-hybridized carbons (Fsp3) is 0.214. The van der Waals surface area contributed by atoms with E-state index in [9.17, 15) is 13.2 Å². The molecule has 1 unspecified atom stereocenters. The number of nitrogens with zero attached hydrogens (tertiary/aromatic N) is 1. The second-order valence-electron chi connectivity index (χ2n) is 4.49. The summed E-state index contributed by atoms with van der Waals surface area (Å²) in [6.07, 6.45) is 0. The second kappa shape index (κ2) is 5.60. The van der Waals surface area contributed by atoms with Gasteiger partial charge in [-0.15, -0.1) is 0 Å². The van der Waals surface area contributed by atoms with E-state index in [1.165, 1.54) is 0 Å². The summed E-state index contributed by atoms with van der Waals surface area (Å²) in [5.74, 6) is 1.43. The van der Waals surface area contributed by atoms with Crippen molar-refractivity contribution >= 4 is 0 Å². The van der Waals surface area contributed by atoms with Crippen LogP contribution >= 0.6 is 0 Å². The van der Waals surface area contributed by atoms with Crippen molar-refractivity contribution in [2.75, 3.05) is 0 Å². The van der Waals surface area contributed by atoms with E-state index in [0.717, 1.165) is 17.8 Å². The van der Waals surface area contributed by atoms with Gasteiger partial charge >= 0.3 is 0 Å². The number of hydrogen-bond acceptors (Lipinski definition) is 3. The first-order valence-corrected chi connectivity index (χ1v) is 5.99. The highest BCUT2D eigenvalue weighted by molar-refractivity contribution is 5.36. The molecule has 1 heterocycles. The van der Waals surface area contributed by atoms with E-state index in [2.05, 4.69) is 10.4 Å². The topological polar surface area (TPSA) is 50.9 Å². The molecule has 2 aromatic rings. The minimum absolute atomic E-state index is 0.0693. The Kier molecular flexibility index (Phi) is 4.06. The van der Waals surface area contributed by atoms with Crippen molar-refractivity contribution in [3.05, 3.63) is 64.2 Å². The van der Waals surface area contributed by atoms with E-state index in [1.807, 2.05) is 6.92 Å². The van der Waals surface area contributed by atoms with Crippen LogP contribution in [0.4, 0.5) is 13.2 Å². The highest BCUT2D eigenvalue weighted by atomic mass is 19.2. The summed E-state index contributed by atoms with van der Waals surface area (Å²) in [5.41, 5.74) is 4.38. The molecule has 6 heteroatoms. The number of hydrogen-bond donors (Lipinski definition) is 2. The maximum atomic E-state index is 13.9. The van der Waals surface area contributed by atoms with Crippen molar-refractivity contribution in [2.24, 2.45) is 5.84 Å². The van der Waals surface area contributed by atoms with Crippen molar-refractivity contribution < 1.29 is 13.2 Å². The molecule has 0 saturated heterocycles. The van der Waals surface area contributed by atoms with Gasteiger partial charge in [0.1, 0.15) is 0 Å². The fourth-order valence-electron chi connectivity index (χ4n) is 2.11. The molecule has 3 nitrogen and oxygen atoms in total. The van der Waals surface area contributed by atoms with Gasteiger partial charge in [-0.05, 0) is 31.5 Å². The first-order chi connectivity index (χ1) is 9.45. The Bertz CT molecular complexity index is 644. The molecule has 3 N–H and O–H groups in total. The molecule has 1 atom stereocenters. The van der Waals surface area contributed by atoms with E-state index in [0.29, 0.717) is 11.3 Å². The quantitative estimate of drug-likeness (QED) is 0.516. The first kappa shape index (κ1) is 14.5. The van der Waals surface area contributed by atoms with Crippen molar-refractivity contribution in [1.29, 1.82) is 0 Å². The molecule has 0 saturated carbocycles. The molecule has 106 valence electrons. The Morgan fingerprint density at radius 2 is 1.65 bits per heavy atom. The predicted molar refractivity (Wildman–Crippen MR) is 69.2 cm³/mol. The molecule has 20 heavy (non-hydrogen) atoms. The van der Waals surface area contributed by atoms with Crippen LogP contribution in [0.1, 0.15) is 28.6 Å². The van der Waals surface area contributed by atoms with Crippen LogP contribution in [0.5, 0.6) is 0 Å². The lowest BCUT2D eigenvalue weighted by molar-refractivity contribution is 0.433. The number of nitrogens with two attached hydrogens (primary N) is 1. The van der Waals surface area contributed by atoms with Gasteiger partial charge in [0.05, 0.1) is 6.04 Å². The lowest BCUT2D eigenvalue weighted by Gasteiger charge is -2.19. The van der Waals surface area contributed by atoms with Gasteiger partial charge in [0.15, 0.2) is 17.5 Å². The zero-order valence-electron chi connectivity index (χ0n) is 11.0. The molecule has 1 aromatic heterocycles. The second-order valence-corrected chi connectivity index (χ2v) is 4.49. The molecular weight excluding hydrogens is 267 g/mol. The van der Waals surface area contributed by atoms with E-state index in [1.54, 1.807) is 19.1 Å². The van der Waals surface area contributed by atoms with Crippen LogP contribution in [0.15, 0.2) is 24.3 Å². The average Bonchev–Trinajstić information content (AvgIpc) is 2.41. The minimum Gasteiger partial charge on any atom is -0.271 e. The highest BCUT2D eigenvalue weighted by Crippen LogP contribution is 2.27. The van der Waals surface area contributed by atoms with Crippen LogP contribution in [0, 0.1) is 31.3 Å². The molecule has 0 aliphatic rings. The Morgan fingerprint density at radius 3 is 2.25 bits per heavy atom. The zero-order valence-corrected chi connectivity index (χ0v) is 11.0. The van der Waals surface area contributed by atoms with Crippen LogP contribution in [0.2, 0.25) is 0 Å². The Hall–Kier alpha value is -1.92. The Labute approximate surface area is 114 Å². The van der Waals surface area contributed by atoms with E-state index >= 15 is 0 Å². The number of benzene rings is 1. The molecule has 0 spiro atoms. The van der Waals surface area contributed by atoms with Crippen LogP contribution in [0.25, 0.3) is 0 Å². The number of nitrogens with one attached hydrogen (secondary N) is 1. The van der Waals surface area contributed by atoms with Crippen LogP contribution in [-0.2, 0) is 0 Å². The van der Waals surface area contributed by atoms with Crippen molar-refractivity contribution in [3.8, 4) is 0 Å². The molecule has 0 radical (unpaired) electrons. The first-order valence-electron chi connectivity index (χ1n) is 5.99. The van der Waals surface area contributed by atoms with Crippen LogP contribution in [-0.4, -0.2) is 4.98 Å². The van der Waals surface area contributed by atoms with Crippen molar-refractivity contribution in [1.82, 2.24) is 10.4 Å². The number of aryl methyl sites for hydroxylation is 2. The summed E-state index contributed by atoms with van der Waals surface area (Å²) in [6.45, 7) is 3.56. The van der Waals surface area contributed by atoms with Gasteiger partial charge in [0, 0.05) is 17.0 Å². The minimum atomic E-state index is -1.51. The zero-order chi connectivity index (χ0) is 14.9. The molecule has 1 aromatic carbocycles. The largest absolute Gasteiger partial charge is 0.271 e. The molecule has 0 bridgehead atoms. The van der Waals surface area contributed by atoms with Gasteiger partial charge in [0.2, 0.25) is 0 Å². The highest BCUT2D eigenvalue weighted by Gasteiger charge is 2.23. The average molecular weight is 281 g/mol. The summed E-state index contributed by atoms with van der Waals surface area (Å²) in [5, 5.41) is 0. The molecular formula is C14H14F3N3. The third-order valence-electron chi connectivity index (χ3n) is 3.12. The van der Waals surface area contributed by atoms with Gasteiger partial charge in [-0.1, -0.05) is 12.1 Å². The summed E-state index contributed by atoms with van der Waals surface area (Å²) < 4.78 is 40.2. The normalized spacial score (nSPS) is 12.5. The third kappa shape index (κ3) is 2.52. The molecule has 2 rings (SSSR count). The Balaban J connectivity index is 2.55.